The van der Waals surface area contributed by atoms with Crippen molar-refractivity contribution in [3.8, 4) is 5.75 Å². The number of amides is 1. The third-order valence-electron chi connectivity index (χ3n) is 8.20. The number of hydrogen-bond acceptors (Lipinski definition) is 9. The molecule has 2 fully saturated rings. The van der Waals surface area contributed by atoms with Crippen LogP contribution in [0.3, 0.4) is 0 Å². The lowest BCUT2D eigenvalue weighted by Gasteiger charge is -2.46. The van der Waals surface area contributed by atoms with E-state index in [1.807, 2.05) is 25.1 Å². The van der Waals surface area contributed by atoms with Crippen molar-refractivity contribution >= 4 is 34.6 Å². The number of Topliss-reactive ketones (excluding diaryl/α,β-unsaturated/α-hetero) is 2. The minimum Gasteiger partial charge on any atom is -0.508 e. The largest absolute Gasteiger partial charge is 0.508 e. The predicted molar refractivity (Wildman–Crippen MR) is 132 cm³/mol. The minimum atomic E-state index is -2.56. The number of nitrogens with zero attached hydrogens (tertiary/aromatic N) is 2. The molecule has 1 saturated carbocycles. The van der Waals surface area contributed by atoms with Crippen LogP contribution in [0.15, 0.2) is 23.0 Å². The zero-order chi connectivity index (χ0) is 26.1. The second kappa shape index (κ2) is 8.26. The van der Waals surface area contributed by atoms with Gasteiger partial charge in [-0.05, 0) is 49.7 Å². The van der Waals surface area contributed by atoms with E-state index in [-0.39, 0.29) is 36.1 Å². The number of aromatic hydroxyl groups is 1. The van der Waals surface area contributed by atoms with Gasteiger partial charge in [0.25, 0.3) is 5.91 Å². The summed E-state index contributed by atoms with van der Waals surface area (Å²) in [6.45, 7) is 1.50. The van der Waals surface area contributed by atoms with E-state index in [1.165, 1.54) is 0 Å². The van der Waals surface area contributed by atoms with Crippen LogP contribution in [0.2, 0.25) is 0 Å². The lowest BCUT2D eigenvalue weighted by molar-refractivity contribution is -0.147. The van der Waals surface area contributed by atoms with Gasteiger partial charge in [-0.1, -0.05) is 0 Å². The number of rotatable bonds is 3. The van der Waals surface area contributed by atoms with Crippen LogP contribution < -0.4 is 15.5 Å². The molecule has 0 unspecified atom stereocenters. The van der Waals surface area contributed by atoms with E-state index in [9.17, 15) is 34.8 Å². The first kappa shape index (κ1) is 24.2. The molecule has 4 aliphatic rings. The fourth-order valence-corrected chi connectivity index (χ4v) is 6.43. The van der Waals surface area contributed by atoms with Crippen LogP contribution in [0.5, 0.6) is 5.75 Å². The van der Waals surface area contributed by atoms with E-state index in [2.05, 4.69) is 4.90 Å². The summed E-state index contributed by atoms with van der Waals surface area (Å²) < 4.78 is 0. The van der Waals surface area contributed by atoms with Crippen LogP contribution >= 0.6 is 0 Å². The molecule has 192 valence electrons. The maximum absolute atomic E-state index is 13.7. The summed E-state index contributed by atoms with van der Waals surface area (Å²) in [6.07, 6.45) is 3.12. The Hall–Kier alpha value is -3.53. The molecule has 5 rings (SSSR count). The molecule has 0 spiro atoms. The Bertz CT molecular complexity index is 1260. The van der Waals surface area contributed by atoms with Gasteiger partial charge in [-0.2, -0.15) is 0 Å². The Labute approximate surface area is 208 Å². The highest BCUT2D eigenvalue weighted by Gasteiger charge is 2.60. The van der Waals surface area contributed by atoms with Crippen LogP contribution in [0, 0.1) is 11.8 Å². The number of ketones is 2. The molecule has 0 aromatic heterocycles. The number of fused-ring (bicyclic) bond motifs is 3. The molecule has 10 nitrogen and oxygen atoms in total. The van der Waals surface area contributed by atoms with Gasteiger partial charge in [0.1, 0.15) is 22.8 Å². The van der Waals surface area contributed by atoms with E-state index < -0.39 is 52.0 Å². The molecule has 10 heteroatoms. The van der Waals surface area contributed by atoms with Gasteiger partial charge in [0.2, 0.25) is 5.78 Å². The first-order valence-electron chi connectivity index (χ1n) is 12.3. The molecule has 1 heterocycles. The van der Waals surface area contributed by atoms with Gasteiger partial charge in [0.15, 0.2) is 11.4 Å². The molecule has 3 aliphatic carbocycles. The molecule has 1 aliphatic heterocycles. The van der Waals surface area contributed by atoms with E-state index in [0.717, 1.165) is 38.0 Å². The Balaban J connectivity index is 1.71. The van der Waals surface area contributed by atoms with Gasteiger partial charge in [0.05, 0.1) is 11.3 Å². The number of nitrogens with two attached hydrogens (primary N) is 1. The van der Waals surface area contributed by atoms with Gasteiger partial charge >= 0.3 is 0 Å². The van der Waals surface area contributed by atoms with E-state index in [1.54, 1.807) is 0 Å². The van der Waals surface area contributed by atoms with Gasteiger partial charge in [0, 0.05) is 50.8 Å². The first-order valence-corrected chi connectivity index (χ1v) is 12.3. The van der Waals surface area contributed by atoms with Crippen molar-refractivity contribution in [1.29, 1.82) is 0 Å². The lowest BCUT2D eigenvalue weighted by Crippen LogP contribution is -2.58. The number of primary amides is 1. The van der Waals surface area contributed by atoms with Crippen LogP contribution in [-0.4, -0.2) is 70.7 Å². The number of phenolic OH excluding ortho intramolecular Hbond substituents is 1. The van der Waals surface area contributed by atoms with Crippen molar-refractivity contribution in [2.24, 2.45) is 17.6 Å². The number of benzene rings is 1. The van der Waals surface area contributed by atoms with Gasteiger partial charge in [-0.3, -0.25) is 14.4 Å². The summed E-state index contributed by atoms with van der Waals surface area (Å²) >= 11 is 0. The average Bonchev–Trinajstić information content (AvgIpc) is 2.81. The zero-order valence-electron chi connectivity index (χ0n) is 20.4. The van der Waals surface area contributed by atoms with Crippen molar-refractivity contribution in [3.05, 3.63) is 34.1 Å². The second-order valence-electron chi connectivity index (χ2n) is 10.5. The highest BCUT2D eigenvalue weighted by molar-refractivity contribution is 6.22. The monoisotopic (exact) mass is 497 g/mol. The molecule has 1 aromatic rings. The predicted octanol–water partition coefficient (Wildman–Crippen LogP) is 1.48. The third-order valence-corrected chi connectivity index (χ3v) is 8.20. The summed E-state index contributed by atoms with van der Waals surface area (Å²) in [5, 5.41) is 44.9. The van der Waals surface area contributed by atoms with E-state index in [4.69, 9.17) is 5.73 Å². The van der Waals surface area contributed by atoms with Gasteiger partial charge in [-0.25, -0.2) is 0 Å². The van der Waals surface area contributed by atoms with Crippen molar-refractivity contribution in [2.45, 2.75) is 44.1 Å². The summed E-state index contributed by atoms with van der Waals surface area (Å²) in [6, 6.07) is 1.90. The molecule has 36 heavy (non-hydrogen) atoms. The molecular weight excluding hydrogens is 466 g/mol. The minimum absolute atomic E-state index is 0.115. The zero-order valence-corrected chi connectivity index (χ0v) is 20.4. The normalized spacial score (nSPS) is 28.0. The third kappa shape index (κ3) is 3.23. The highest BCUT2D eigenvalue weighted by Crippen LogP contribution is 2.54. The number of aliphatic hydroxyl groups is 3. The van der Waals surface area contributed by atoms with Gasteiger partial charge in [-0.15, -0.1) is 0 Å². The van der Waals surface area contributed by atoms with Crippen molar-refractivity contribution < 1.29 is 34.8 Å². The number of phenols is 1. The molecule has 1 saturated heterocycles. The maximum Gasteiger partial charge on any atom is 0.255 e. The molecule has 0 bridgehead atoms. The Kier molecular flexibility index (Phi) is 5.55. The SMILES string of the molecule is CN(C)c1cc(N2CCCCC2)c(O)c2c1C[C@H]1C[C@H]3CC(=O)C(C(N)=O)=C(O)[C@@]3(O)C(=O)C1=C2O. The second-order valence-corrected chi connectivity index (χ2v) is 10.5. The summed E-state index contributed by atoms with van der Waals surface area (Å²) in [5.74, 6) is -6.13. The molecule has 1 aromatic carbocycles. The molecule has 3 atom stereocenters. The Morgan fingerprint density at radius 3 is 2.39 bits per heavy atom. The summed E-state index contributed by atoms with van der Waals surface area (Å²) in [5.41, 5.74) is 3.93. The van der Waals surface area contributed by atoms with Crippen LogP contribution in [-0.2, 0) is 20.8 Å². The number of anilines is 2. The van der Waals surface area contributed by atoms with Crippen molar-refractivity contribution in [3.63, 3.8) is 0 Å². The summed E-state index contributed by atoms with van der Waals surface area (Å²) in [4.78, 5) is 42.0. The van der Waals surface area contributed by atoms with Crippen molar-refractivity contribution in [2.75, 3.05) is 37.0 Å². The molecular formula is C26H31N3O7. The van der Waals surface area contributed by atoms with Crippen LogP contribution in [0.4, 0.5) is 11.4 Å². The van der Waals surface area contributed by atoms with E-state index in [0.29, 0.717) is 11.3 Å². The number of carbonyl (C=O) groups excluding carboxylic acids is 3. The topological polar surface area (TPSA) is 165 Å². The van der Waals surface area contributed by atoms with Crippen LogP contribution in [0.25, 0.3) is 5.76 Å². The number of aliphatic hydroxyl groups excluding tert-OH is 2. The molecule has 1 amide bonds. The fourth-order valence-electron chi connectivity index (χ4n) is 6.43. The fraction of sp³-hybridized carbons (Fsp3) is 0.500. The smallest absolute Gasteiger partial charge is 0.255 e. The van der Waals surface area contributed by atoms with Gasteiger partial charge < -0.3 is 36.0 Å². The Morgan fingerprint density at radius 2 is 1.78 bits per heavy atom. The van der Waals surface area contributed by atoms with Crippen molar-refractivity contribution in [1.82, 2.24) is 0 Å². The number of piperidine rings is 1. The maximum atomic E-state index is 13.7. The first-order chi connectivity index (χ1) is 17.0. The molecule has 0 radical (unpaired) electrons. The standard InChI is InChI=1S/C26H31N3O7/c1-28(2)15-11-16(29-6-4-3-5-7-29)21(31)19-14(15)9-12-8-13-10-17(30)20(25(27)35)24(34)26(13,36)23(33)18(12)22(19)32/h11-13,31-32,34,36H,3-10H2,1-2H3,(H2,27,35)/t12-,13+,26+/m1/s1. The number of hydrogen-bond donors (Lipinski definition) is 5. The molecule has 6 N–H and O–H groups in total. The Morgan fingerprint density at radius 1 is 1.11 bits per heavy atom. The van der Waals surface area contributed by atoms with E-state index >= 15 is 0 Å². The van der Waals surface area contributed by atoms with Crippen LogP contribution in [0.1, 0.15) is 43.2 Å². The number of carbonyl (C=O) groups is 3. The lowest BCUT2D eigenvalue weighted by atomic mass is 9.59. The quantitative estimate of drug-likeness (QED) is 0.389. The summed E-state index contributed by atoms with van der Waals surface area (Å²) in [7, 11) is 3.73. The highest BCUT2D eigenvalue weighted by atomic mass is 16.3. The average molecular weight is 498 g/mol.